The molecule has 0 aliphatic carbocycles. The Morgan fingerprint density at radius 1 is 1.04 bits per heavy atom. The second kappa shape index (κ2) is 9.58. The van der Waals surface area contributed by atoms with E-state index in [9.17, 15) is 4.79 Å². The van der Waals surface area contributed by atoms with Gasteiger partial charge in [-0.2, -0.15) is 5.10 Å². The van der Waals surface area contributed by atoms with E-state index in [1.165, 1.54) is 5.39 Å². The molecule has 1 N–H and O–H groups in total. The fourth-order valence-electron chi connectivity index (χ4n) is 2.69. The maximum Gasteiger partial charge on any atom is 0.240 e. The van der Waals surface area contributed by atoms with Crippen molar-refractivity contribution in [2.45, 2.75) is 19.8 Å². The molecule has 144 valence electrons. The van der Waals surface area contributed by atoms with E-state index in [0.29, 0.717) is 35.2 Å². The van der Waals surface area contributed by atoms with Gasteiger partial charge in [-0.15, -0.1) is 0 Å². The summed E-state index contributed by atoms with van der Waals surface area (Å²) >= 11 is 11.9. The Hall–Kier alpha value is -2.56. The van der Waals surface area contributed by atoms with E-state index in [2.05, 4.69) is 28.7 Å². The molecule has 4 nitrogen and oxygen atoms in total. The molecule has 3 rings (SSSR count). The van der Waals surface area contributed by atoms with E-state index < -0.39 is 0 Å². The number of amides is 1. The van der Waals surface area contributed by atoms with Crippen LogP contribution in [0.2, 0.25) is 10.0 Å². The van der Waals surface area contributed by atoms with Gasteiger partial charge in [-0.3, -0.25) is 4.79 Å². The lowest BCUT2D eigenvalue weighted by molar-refractivity contribution is -0.121. The number of nitrogens with one attached hydrogen (secondary N) is 1. The van der Waals surface area contributed by atoms with Crippen LogP contribution >= 0.6 is 23.2 Å². The summed E-state index contributed by atoms with van der Waals surface area (Å²) in [4.78, 5) is 12.0. The van der Waals surface area contributed by atoms with Crippen molar-refractivity contribution in [3.05, 3.63) is 76.3 Å². The molecule has 0 fully saturated rings. The lowest BCUT2D eigenvalue weighted by Gasteiger charge is -2.08. The average molecular weight is 415 g/mol. The third-order valence-electron chi connectivity index (χ3n) is 4.22. The standard InChI is InChI=1S/C22H20Cl2N2O2/c1-15(17-9-8-16-5-2-3-6-18(16)13-17)25-26-22(27)7-4-12-28-21-11-10-19(23)14-20(21)24/h2-3,5-6,8-11,13-14H,4,7,12H2,1H3,(H,26,27). The molecule has 0 heterocycles. The Kier molecular flexibility index (Phi) is 6.90. The lowest BCUT2D eigenvalue weighted by Crippen LogP contribution is -2.19. The van der Waals surface area contributed by atoms with Crippen LogP contribution in [-0.4, -0.2) is 18.2 Å². The molecule has 1 amide bonds. The summed E-state index contributed by atoms with van der Waals surface area (Å²) in [6.07, 6.45) is 0.856. The van der Waals surface area contributed by atoms with Gasteiger partial charge in [0.1, 0.15) is 5.75 Å². The SMILES string of the molecule is CC(=NNC(=O)CCCOc1ccc(Cl)cc1Cl)c1ccc2ccccc2c1. The highest BCUT2D eigenvalue weighted by Crippen LogP contribution is 2.27. The quantitative estimate of drug-likeness (QED) is 0.299. The van der Waals surface area contributed by atoms with Crippen LogP contribution in [0.1, 0.15) is 25.3 Å². The van der Waals surface area contributed by atoms with Gasteiger partial charge in [-0.05, 0) is 53.9 Å². The smallest absolute Gasteiger partial charge is 0.240 e. The Labute approximate surface area is 174 Å². The fraction of sp³-hybridized carbons (Fsp3) is 0.182. The molecule has 0 radical (unpaired) electrons. The number of rotatable bonds is 7. The molecule has 0 aromatic heterocycles. The average Bonchev–Trinajstić information content (AvgIpc) is 2.70. The first-order valence-electron chi connectivity index (χ1n) is 8.93. The predicted octanol–water partition coefficient (Wildman–Crippen LogP) is 5.85. The molecule has 28 heavy (non-hydrogen) atoms. The summed E-state index contributed by atoms with van der Waals surface area (Å²) in [6, 6.07) is 19.3. The van der Waals surface area contributed by atoms with Crippen molar-refractivity contribution in [1.82, 2.24) is 5.43 Å². The van der Waals surface area contributed by atoms with E-state index in [4.69, 9.17) is 27.9 Å². The topological polar surface area (TPSA) is 50.7 Å². The zero-order chi connectivity index (χ0) is 19.9. The number of hydrazone groups is 1. The highest BCUT2D eigenvalue weighted by Gasteiger charge is 2.05. The third-order valence-corrected chi connectivity index (χ3v) is 4.75. The van der Waals surface area contributed by atoms with Crippen molar-refractivity contribution in [2.75, 3.05) is 6.61 Å². The number of ether oxygens (including phenoxy) is 1. The highest BCUT2D eigenvalue weighted by molar-refractivity contribution is 6.35. The van der Waals surface area contributed by atoms with E-state index in [1.807, 2.05) is 31.2 Å². The minimum atomic E-state index is -0.161. The number of nitrogens with zero attached hydrogens (tertiary/aromatic N) is 1. The summed E-state index contributed by atoms with van der Waals surface area (Å²) < 4.78 is 5.57. The number of carbonyl (C=O) groups is 1. The molecular formula is C22H20Cl2N2O2. The molecule has 0 spiro atoms. The van der Waals surface area contributed by atoms with Gasteiger partial charge in [0.25, 0.3) is 0 Å². The Morgan fingerprint density at radius 2 is 1.82 bits per heavy atom. The normalized spacial score (nSPS) is 11.5. The van der Waals surface area contributed by atoms with Crippen LogP contribution in [0.25, 0.3) is 10.8 Å². The molecule has 0 saturated heterocycles. The van der Waals surface area contributed by atoms with Crippen molar-refractivity contribution >= 4 is 45.6 Å². The second-order valence-electron chi connectivity index (χ2n) is 6.32. The number of fused-ring (bicyclic) bond motifs is 1. The van der Waals surface area contributed by atoms with Crippen LogP contribution in [0, 0.1) is 0 Å². The van der Waals surface area contributed by atoms with Crippen molar-refractivity contribution in [2.24, 2.45) is 5.10 Å². The van der Waals surface area contributed by atoms with Crippen LogP contribution in [0.15, 0.2) is 65.8 Å². The van der Waals surface area contributed by atoms with Crippen LogP contribution < -0.4 is 10.2 Å². The first kappa shape index (κ1) is 20.2. The lowest BCUT2D eigenvalue weighted by atomic mass is 10.0. The maximum absolute atomic E-state index is 12.0. The van der Waals surface area contributed by atoms with E-state index in [0.717, 1.165) is 16.7 Å². The summed E-state index contributed by atoms with van der Waals surface area (Å²) in [5.74, 6) is 0.391. The van der Waals surface area contributed by atoms with Crippen LogP contribution in [0.5, 0.6) is 5.75 Å². The van der Waals surface area contributed by atoms with Crippen molar-refractivity contribution < 1.29 is 9.53 Å². The molecule has 3 aromatic rings. The maximum atomic E-state index is 12.0. The molecule has 0 unspecified atom stereocenters. The summed E-state index contributed by atoms with van der Waals surface area (Å²) in [5, 5.41) is 7.51. The first-order valence-corrected chi connectivity index (χ1v) is 9.69. The number of hydrogen-bond acceptors (Lipinski definition) is 3. The summed E-state index contributed by atoms with van der Waals surface area (Å²) in [5.41, 5.74) is 4.32. The fourth-order valence-corrected chi connectivity index (χ4v) is 3.15. The van der Waals surface area contributed by atoms with Gasteiger partial charge in [0.15, 0.2) is 0 Å². The van der Waals surface area contributed by atoms with Gasteiger partial charge in [0.2, 0.25) is 5.91 Å². The monoisotopic (exact) mass is 414 g/mol. The van der Waals surface area contributed by atoms with Crippen LogP contribution in [0.4, 0.5) is 0 Å². The number of benzene rings is 3. The van der Waals surface area contributed by atoms with Crippen molar-refractivity contribution in [3.8, 4) is 5.75 Å². The van der Waals surface area contributed by atoms with Gasteiger partial charge in [-0.25, -0.2) is 5.43 Å². The third kappa shape index (κ3) is 5.47. The predicted molar refractivity (Wildman–Crippen MR) is 115 cm³/mol. The largest absolute Gasteiger partial charge is 0.492 e. The molecule has 0 aliphatic heterocycles. The molecular weight excluding hydrogens is 395 g/mol. The van der Waals surface area contributed by atoms with E-state index in [-0.39, 0.29) is 5.91 Å². The molecule has 0 bridgehead atoms. The Balaban J connectivity index is 1.47. The van der Waals surface area contributed by atoms with E-state index in [1.54, 1.807) is 18.2 Å². The molecule has 0 aliphatic rings. The zero-order valence-electron chi connectivity index (χ0n) is 15.4. The van der Waals surface area contributed by atoms with Crippen LogP contribution in [0.3, 0.4) is 0 Å². The van der Waals surface area contributed by atoms with E-state index >= 15 is 0 Å². The minimum absolute atomic E-state index is 0.161. The van der Waals surface area contributed by atoms with Gasteiger partial charge < -0.3 is 4.74 Å². The number of carbonyl (C=O) groups excluding carboxylic acids is 1. The van der Waals surface area contributed by atoms with Crippen LogP contribution in [-0.2, 0) is 4.79 Å². The Morgan fingerprint density at radius 3 is 2.61 bits per heavy atom. The number of halogens is 2. The van der Waals surface area contributed by atoms with Gasteiger partial charge >= 0.3 is 0 Å². The molecule has 0 saturated carbocycles. The molecule has 6 heteroatoms. The highest BCUT2D eigenvalue weighted by atomic mass is 35.5. The molecule has 3 aromatic carbocycles. The molecule has 0 atom stereocenters. The van der Waals surface area contributed by atoms with Gasteiger partial charge in [-0.1, -0.05) is 59.6 Å². The van der Waals surface area contributed by atoms with Gasteiger partial charge in [0.05, 0.1) is 17.3 Å². The first-order chi connectivity index (χ1) is 13.5. The zero-order valence-corrected chi connectivity index (χ0v) is 16.9. The Bertz CT molecular complexity index is 1020. The van der Waals surface area contributed by atoms with Gasteiger partial charge in [0, 0.05) is 11.4 Å². The second-order valence-corrected chi connectivity index (χ2v) is 7.16. The van der Waals surface area contributed by atoms with Crippen molar-refractivity contribution in [3.63, 3.8) is 0 Å². The summed E-state index contributed by atoms with van der Waals surface area (Å²) in [6.45, 7) is 2.25. The van der Waals surface area contributed by atoms with Crippen molar-refractivity contribution in [1.29, 1.82) is 0 Å². The minimum Gasteiger partial charge on any atom is -0.492 e. The summed E-state index contributed by atoms with van der Waals surface area (Å²) in [7, 11) is 0. The number of hydrogen-bond donors (Lipinski definition) is 1.